The predicted molar refractivity (Wildman–Crippen MR) is 105 cm³/mol. The summed E-state index contributed by atoms with van der Waals surface area (Å²) >= 11 is 6.98. The molecule has 0 bridgehead atoms. The van der Waals surface area contributed by atoms with E-state index in [9.17, 15) is 0 Å². The van der Waals surface area contributed by atoms with Crippen molar-refractivity contribution in [3.63, 3.8) is 0 Å². The topological polar surface area (TPSA) is 0 Å². The molecule has 0 aliphatic rings. The Morgan fingerprint density at radius 3 is 1.80 bits per heavy atom. The molecule has 2 heterocycles. The molecule has 0 N–H and O–H groups in total. The summed E-state index contributed by atoms with van der Waals surface area (Å²) in [6.07, 6.45) is 0. The van der Waals surface area contributed by atoms with Gasteiger partial charge in [-0.1, -0.05) is 58.4 Å². The second kappa shape index (κ2) is 9.25. The number of benzene rings is 2. The molecule has 120 valence electrons. The third-order valence-electron chi connectivity index (χ3n) is 3.67. The van der Waals surface area contributed by atoms with Crippen LogP contribution in [-0.2, 0) is 19.5 Å². The van der Waals surface area contributed by atoms with Crippen LogP contribution < -0.4 is 12.4 Å². The first-order chi connectivity index (χ1) is 11.3. The van der Waals surface area contributed by atoms with Crippen LogP contribution in [0.15, 0.2) is 77.3 Å². The smallest absolute Gasteiger partial charge is 1.00 e. The van der Waals surface area contributed by atoms with Crippen LogP contribution in [0.25, 0.3) is 31.3 Å². The minimum Gasteiger partial charge on any atom is -1.00 e. The average molecular weight is 497 g/mol. The summed E-state index contributed by atoms with van der Waals surface area (Å²) in [5.41, 5.74) is 3.74. The van der Waals surface area contributed by atoms with Crippen molar-refractivity contribution in [3.8, 4) is 31.3 Å². The minimum absolute atomic E-state index is 0. The molecule has 0 amide bonds. The van der Waals surface area contributed by atoms with Gasteiger partial charge in [-0.25, -0.2) is 0 Å². The quantitative estimate of drug-likeness (QED) is 0.292. The number of halogens is 2. The maximum Gasteiger partial charge on any atom is 2.00 e. The minimum atomic E-state index is 0. The van der Waals surface area contributed by atoms with E-state index in [0.29, 0.717) is 0 Å². The average Bonchev–Trinajstić information content (AvgIpc) is 3.27. The zero-order valence-corrected chi connectivity index (χ0v) is 20.1. The van der Waals surface area contributed by atoms with Crippen LogP contribution in [0.1, 0.15) is 0 Å². The van der Waals surface area contributed by atoms with Gasteiger partial charge in [-0.05, 0) is 39.8 Å². The first-order valence-corrected chi connectivity index (χ1v) is 9.65. The molecule has 0 spiro atoms. The Labute approximate surface area is 183 Å². The Kier molecular flexibility index (Phi) is 7.60. The predicted octanol–water partition coefficient (Wildman–Crippen LogP) is 4.37. The van der Waals surface area contributed by atoms with E-state index in [-0.39, 0.29) is 31.9 Å². The largest absolute Gasteiger partial charge is 2.00 e. The van der Waals surface area contributed by atoms with E-state index in [2.05, 4.69) is 88.0 Å². The van der Waals surface area contributed by atoms with Gasteiger partial charge in [0.2, 0.25) is 0 Å². The summed E-state index contributed by atoms with van der Waals surface area (Å²) < 4.78 is 1.11. The van der Waals surface area contributed by atoms with Crippen LogP contribution in [0.4, 0.5) is 0 Å². The van der Waals surface area contributed by atoms with Crippen molar-refractivity contribution in [1.82, 2.24) is 0 Å². The van der Waals surface area contributed by atoms with Gasteiger partial charge in [0.1, 0.15) is 0 Å². The van der Waals surface area contributed by atoms with Gasteiger partial charge in [-0.2, -0.15) is 12.1 Å². The molecule has 0 radical (unpaired) electrons. The Hall–Kier alpha value is -0.767. The standard InChI is InChI=1S/C20H12BrS2.ClH.Zn/c21-17-9-7-15(8-10-17)14-3-5-16(6-4-14)18-11-12-20(23-18)19-2-1-13-22-19;;/h1-12H;1H;/q-1;;+2/p-1. The monoisotopic (exact) mass is 494 g/mol. The van der Waals surface area contributed by atoms with Gasteiger partial charge in [0.15, 0.2) is 0 Å². The zero-order valence-electron chi connectivity index (χ0n) is 13.2. The van der Waals surface area contributed by atoms with Gasteiger partial charge >= 0.3 is 19.5 Å². The van der Waals surface area contributed by atoms with Gasteiger partial charge in [0.25, 0.3) is 0 Å². The Morgan fingerprint density at radius 1 is 0.640 bits per heavy atom. The molecule has 2 aromatic heterocycles. The first-order valence-electron chi connectivity index (χ1n) is 7.22. The van der Waals surface area contributed by atoms with Crippen molar-refractivity contribution < 1.29 is 31.9 Å². The van der Waals surface area contributed by atoms with E-state index in [1.54, 1.807) is 11.3 Å². The molecule has 25 heavy (non-hydrogen) atoms. The van der Waals surface area contributed by atoms with Gasteiger partial charge in [-0.15, -0.1) is 21.6 Å². The van der Waals surface area contributed by atoms with Crippen LogP contribution in [0.5, 0.6) is 0 Å². The van der Waals surface area contributed by atoms with Crippen LogP contribution >= 0.6 is 38.6 Å². The maximum absolute atomic E-state index is 3.48. The maximum atomic E-state index is 3.48. The molecule has 0 fully saturated rings. The van der Waals surface area contributed by atoms with Gasteiger partial charge in [0, 0.05) is 9.35 Å². The number of thiophene rings is 2. The molecule has 4 rings (SSSR count). The molecule has 0 saturated carbocycles. The summed E-state index contributed by atoms with van der Waals surface area (Å²) in [5, 5.41) is 3.15. The molecule has 0 unspecified atom stereocenters. The summed E-state index contributed by atoms with van der Waals surface area (Å²) in [5.74, 6) is 0. The van der Waals surface area contributed by atoms with Crippen molar-refractivity contribution in [3.05, 3.63) is 82.6 Å². The molecular weight excluding hydrogens is 485 g/mol. The number of hydrogen-bond acceptors (Lipinski definition) is 2. The normalized spacial score (nSPS) is 9.96. The summed E-state index contributed by atoms with van der Waals surface area (Å²) in [6, 6.07) is 25.7. The van der Waals surface area contributed by atoms with Crippen molar-refractivity contribution >= 4 is 38.6 Å². The molecule has 2 aromatic carbocycles. The second-order valence-corrected chi connectivity index (χ2v) is 8.04. The van der Waals surface area contributed by atoms with E-state index >= 15 is 0 Å². The zero-order chi connectivity index (χ0) is 15.6. The van der Waals surface area contributed by atoms with Crippen LogP contribution in [-0.4, -0.2) is 0 Å². The summed E-state index contributed by atoms with van der Waals surface area (Å²) in [6.45, 7) is 0. The van der Waals surface area contributed by atoms with Gasteiger partial charge in [0.05, 0.1) is 0 Å². The molecule has 0 aliphatic carbocycles. The molecule has 4 aromatic rings. The summed E-state index contributed by atoms with van der Waals surface area (Å²) in [7, 11) is 0. The van der Waals surface area contributed by atoms with Crippen molar-refractivity contribution in [2.24, 2.45) is 0 Å². The fraction of sp³-hybridized carbons (Fsp3) is 0. The molecule has 0 saturated heterocycles. The van der Waals surface area contributed by atoms with Crippen LogP contribution in [0.3, 0.4) is 0 Å². The fourth-order valence-electron chi connectivity index (χ4n) is 2.47. The number of hydrogen-bond donors (Lipinski definition) is 0. The van der Waals surface area contributed by atoms with E-state index in [0.717, 1.165) is 4.47 Å². The third-order valence-corrected chi connectivity index (χ3v) is 6.32. The fourth-order valence-corrected chi connectivity index (χ4v) is 4.48. The summed E-state index contributed by atoms with van der Waals surface area (Å²) in [4.78, 5) is 3.90. The molecule has 0 aliphatic heterocycles. The Morgan fingerprint density at radius 2 is 1.20 bits per heavy atom. The van der Waals surface area contributed by atoms with E-state index < -0.39 is 0 Å². The second-order valence-electron chi connectivity index (χ2n) is 5.17. The molecule has 5 heteroatoms. The van der Waals surface area contributed by atoms with E-state index in [1.165, 1.54) is 31.3 Å². The van der Waals surface area contributed by atoms with Crippen molar-refractivity contribution in [2.75, 3.05) is 0 Å². The first kappa shape index (κ1) is 20.5. The molecule has 0 atom stereocenters. The van der Waals surface area contributed by atoms with Crippen LogP contribution in [0, 0.1) is 5.38 Å². The van der Waals surface area contributed by atoms with E-state index in [1.807, 2.05) is 17.4 Å². The van der Waals surface area contributed by atoms with Crippen LogP contribution in [0.2, 0.25) is 0 Å². The van der Waals surface area contributed by atoms with E-state index in [4.69, 9.17) is 0 Å². The number of rotatable bonds is 3. The van der Waals surface area contributed by atoms with Crippen molar-refractivity contribution in [1.29, 1.82) is 0 Å². The molecular formula is C20H12BrClS2Zn. The Bertz CT molecular complexity index is 913. The van der Waals surface area contributed by atoms with Gasteiger partial charge < -0.3 is 12.4 Å². The third kappa shape index (κ3) is 4.70. The molecule has 0 nitrogen and oxygen atoms in total. The van der Waals surface area contributed by atoms with Crippen molar-refractivity contribution in [2.45, 2.75) is 0 Å². The van der Waals surface area contributed by atoms with Gasteiger partial charge in [-0.3, -0.25) is 11.3 Å². The SMILES string of the molecule is Brc1ccc(-c2ccc(-c3ccc(-c4cc[c-]s4)s3)cc2)cc1.[Cl-].[Zn+2]. The Balaban J connectivity index is 0.00000113.